The van der Waals surface area contributed by atoms with E-state index in [9.17, 15) is 0 Å². The number of nitrogens with two attached hydrogens (primary N) is 2. The molecule has 0 radical (unpaired) electrons. The van der Waals surface area contributed by atoms with Gasteiger partial charge in [0.05, 0.1) is 12.2 Å². The average molecular weight is 186 g/mol. The van der Waals surface area contributed by atoms with Crippen molar-refractivity contribution in [2.24, 2.45) is 21.5 Å². The van der Waals surface area contributed by atoms with Crippen LogP contribution in [-0.4, -0.2) is 24.3 Å². The fraction of sp³-hybridized carbons (Fsp3) is 0.778. The molecule has 0 bridgehead atoms. The van der Waals surface area contributed by atoms with E-state index >= 15 is 0 Å². The molecule has 0 unspecified atom stereocenters. The molecule has 0 aliphatic rings. The summed E-state index contributed by atoms with van der Waals surface area (Å²) in [6.07, 6.45) is 1.32. The van der Waals surface area contributed by atoms with Crippen molar-refractivity contribution in [1.82, 2.24) is 0 Å². The van der Waals surface area contributed by atoms with Crippen LogP contribution in [0.2, 0.25) is 0 Å². The van der Waals surface area contributed by atoms with E-state index in [1.165, 1.54) is 6.34 Å². The molecule has 4 heteroatoms. The quantitative estimate of drug-likeness (QED) is 0.501. The van der Waals surface area contributed by atoms with E-state index in [4.69, 9.17) is 11.5 Å². The molecular weight excluding hydrogens is 164 g/mol. The molecule has 0 saturated carbocycles. The molecular formula is C9H22N4. The van der Waals surface area contributed by atoms with Crippen LogP contribution in [0, 0.1) is 0 Å². The maximum atomic E-state index is 5.24. The molecule has 0 aromatic heterocycles. The molecule has 0 amide bonds. The van der Waals surface area contributed by atoms with Gasteiger partial charge in [-0.25, -0.2) is 0 Å². The Labute approximate surface area is 81.1 Å². The normalized spacial score (nSPS) is 12.1. The maximum absolute atomic E-state index is 5.24. The molecule has 0 saturated heterocycles. The Morgan fingerprint density at radius 1 is 1.15 bits per heavy atom. The second-order valence-corrected chi connectivity index (χ2v) is 3.26. The van der Waals surface area contributed by atoms with Gasteiger partial charge in [-0.05, 0) is 34.6 Å². The van der Waals surface area contributed by atoms with Crippen molar-refractivity contribution in [2.45, 2.75) is 46.7 Å². The highest BCUT2D eigenvalue weighted by molar-refractivity contribution is 5.77. The van der Waals surface area contributed by atoms with Gasteiger partial charge in [0.2, 0.25) is 0 Å². The van der Waals surface area contributed by atoms with Gasteiger partial charge in [-0.15, -0.1) is 0 Å². The first-order chi connectivity index (χ1) is 5.90. The fourth-order valence-electron chi connectivity index (χ4n) is 0.579. The van der Waals surface area contributed by atoms with Crippen molar-refractivity contribution in [3.05, 3.63) is 0 Å². The van der Waals surface area contributed by atoms with E-state index in [2.05, 4.69) is 9.98 Å². The van der Waals surface area contributed by atoms with Crippen LogP contribution in [0.5, 0.6) is 0 Å². The Balaban J connectivity index is 0. The average Bonchev–Trinajstić information content (AvgIpc) is 1.83. The van der Waals surface area contributed by atoms with Gasteiger partial charge in [-0.2, -0.15) is 0 Å². The first-order valence-electron chi connectivity index (χ1n) is 4.43. The number of aliphatic imine (C=N–C) groups is 2. The molecule has 0 rings (SSSR count). The molecule has 4 N–H and O–H groups in total. The zero-order valence-corrected chi connectivity index (χ0v) is 9.28. The van der Waals surface area contributed by atoms with Crippen LogP contribution in [0.4, 0.5) is 0 Å². The Morgan fingerprint density at radius 3 is 1.62 bits per heavy atom. The van der Waals surface area contributed by atoms with E-state index in [1.807, 2.05) is 27.7 Å². The maximum Gasteiger partial charge on any atom is 0.0908 e. The van der Waals surface area contributed by atoms with Crippen molar-refractivity contribution < 1.29 is 0 Å². The SMILES string of the molecule is CC(C)N=CN.CC(N)=NC(C)C. The predicted molar refractivity (Wildman–Crippen MR) is 60.2 cm³/mol. The van der Waals surface area contributed by atoms with Gasteiger partial charge in [0.1, 0.15) is 0 Å². The molecule has 4 nitrogen and oxygen atoms in total. The lowest BCUT2D eigenvalue weighted by atomic mass is 10.4. The van der Waals surface area contributed by atoms with Crippen molar-refractivity contribution in [1.29, 1.82) is 0 Å². The fourth-order valence-corrected chi connectivity index (χ4v) is 0.579. The van der Waals surface area contributed by atoms with Crippen LogP contribution in [0.3, 0.4) is 0 Å². The molecule has 0 aliphatic carbocycles. The summed E-state index contributed by atoms with van der Waals surface area (Å²) in [7, 11) is 0. The Hall–Kier alpha value is -1.06. The van der Waals surface area contributed by atoms with Gasteiger partial charge < -0.3 is 11.5 Å². The van der Waals surface area contributed by atoms with E-state index in [1.54, 1.807) is 6.92 Å². The smallest absolute Gasteiger partial charge is 0.0908 e. The standard InChI is InChI=1S/C5H12N2.C4H10N2/c1-4(2)7-5(3)6;1-4(2)6-3-5/h4H,1-3H3,(H2,6,7);3-4H,1-2H3,(H2,5,6). The van der Waals surface area contributed by atoms with E-state index in [0.717, 1.165) is 0 Å². The highest BCUT2D eigenvalue weighted by atomic mass is 14.9. The number of amidine groups is 1. The van der Waals surface area contributed by atoms with Gasteiger partial charge in [0, 0.05) is 12.1 Å². The molecule has 0 aliphatic heterocycles. The van der Waals surface area contributed by atoms with Crippen LogP contribution in [0.1, 0.15) is 34.6 Å². The Morgan fingerprint density at radius 2 is 1.62 bits per heavy atom. The molecule has 0 fully saturated rings. The largest absolute Gasteiger partial charge is 0.390 e. The first-order valence-corrected chi connectivity index (χ1v) is 4.43. The summed E-state index contributed by atoms with van der Waals surface area (Å²) in [6, 6.07) is 0.681. The van der Waals surface area contributed by atoms with Gasteiger partial charge in [0.15, 0.2) is 0 Å². The van der Waals surface area contributed by atoms with Crippen LogP contribution >= 0.6 is 0 Å². The summed E-state index contributed by atoms with van der Waals surface area (Å²) in [6.45, 7) is 9.74. The summed E-state index contributed by atoms with van der Waals surface area (Å²) < 4.78 is 0. The zero-order chi connectivity index (χ0) is 10.9. The van der Waals surface area contributed by atoms with Crippen LogP contribution < -0.4 is 11.5 Å². The monoisotopic (exact) mass is 186 g/mol. The van der Waals surface area contributed by atoms with E-state index in [0.29, 0.717) is 17.9 Å². The second-order valence-electron chi connectivity index (χ2n) is 3.26. The molecule has 0 aromatic rings. The van der Waals surface area contributed by atoms with E-state index in [-0.39, 0.29) is 0 Å². The van der Waals surface area contributed by atoms with Gasteiger partial charge >= 0.3 is 0 Å². The second kappa shape index (κ2) is 9.03. The number of nitrogens with zero attached hydrogens (tertiary/aromatic N) is 2. The van der Waals surface area contributed by atoms with Gasteiger partial charge in [-0.1, -0.05) is 0 Å². The highest BCUT2D eigenvalue weighted by Crippen LogP contribution is 1.82. The third kappa shape index (κ3) is 24.8. The van der Waals surface area contributed by atoms with Gasteiger partial charge in [-0.3, -0.25) is 9.98 Å². The topological polar surface area (TPSA) is 76.8 Å². The van der Waals surface area contributed by atoms with Crippen molar-refractivity contribution in [2.75, 3.05) is 0 Å². The Bertz CT molecular complexity index is 155. The van der Waals surface area contributed by atoms with Gasteiger partial charge in [0.25, 0.3) is 0 Å². The van der Waals surface area contributed by atoms with Crippen LogP contribution in [0.25, 0.3) is 0 Å². The van der Waals surface area contributed by atoms with Crippen molar-refractivity contribution in [3.63, 3.8) is 0 Å². The van der Waals surface area contributed by atoms with E-state index < -0.39 is 0 Å². The number of rotatable bonds is 2. The molecule has 0 aromatic carbocycles. The summed E-state index contributed by atoms with van der Waals surface area (Å²) >= 11 is 0. The number of hydrogen-bond donors (Lipinski definition) is 2. The minimum atomic E-state index is 0.338. The van der Waals surface area contributed by atoms with Crippen LogP contribution in [0.15, 0.2) is 9.98 Å². The Kier molecular flexibility index (Phi) is 10.0. The van der Waals surface area contributed by atoms with Crippen molar-refractivity contribution in [3.8, 4) is 0 Å². The van der Waals surface area contributed by atoms with Crippen LogP contribution in [-0.2, 0) is 0 Å². The lowest BCUT2D eigenvalue weighted by Crippen LogP contribution is -2.08. The summed E-state index contributed by atoms with van der Waals surface area (Å²) in [5.41, 5.74) is 10.2. The zero-order valence-electron chi connectivity index (χ0n) is 9.28. The molecule has 0 heterocycles. The minimum Gasteiger partial charge on any atom is -0.390 e. The first kappa shape index (κ1) is 14.5. The summed E-state index contributed by atoms with van der Waals surface area (Å²) in [4.78, 5) is 7.75. The lowest BCUT2D eigenvalue weighted by Gasteiger charge is -1.93. The molecule has 0 atom stereocenters. The van der Waals surface area contributed by atoms with Crippen molar-refractivity contribution >= 4 is 12.2 Å². The summed E-state index contributed by atoms with van der Waals surface area (Å²) in [5.74, 6) is 0.662. The third-order valence-electron chi connectivity index (χ3n) is 0.846. The predicted octanol–water partition coefficient (Wildman–Crippen LogP) is 1.15. The minimum absolute atomic E-state index is 0.338. The third-order valence-corrected chi connectivity index (χ3v) is 0.846. The number of hydrogen-bond acceptors (Lipinski definition) is 2. The molecule has 13 heavy (non-hydrogen) atoms. The summed E-state index contributed by atoms with van der Waals surface area (Å²) in [5, 5.41) is 0. The molecule has 0 spiro atoms. The lowest BCUT2D eigenvalue weighted by molar-refractivity contribution is 0.833. The molecule has 78 valence electrons. The highest BCUT2D eigenvalue weighted by Gasteiger charge is 1.83.